The summed E-state index contributed by atoms with van der Waals surface area (Å²) < 4.78 is 2.01. The molecule has 1 aromatic heterocycles. The zero-order valence-corrected chi connectivity index (χ0v) is 15.3. The first-order valence-electron chi connectivity index (χ1n) is 7.07. The van der Waals surface area contributed by atoms with E-state index < -0.39 is 0 Å². The lowest BCUT2D eigenvalue weighted by Gasteiger charge is -2.15. The van der Waals surface area contributed by atoms with Crippen LogP contribution in [0.3, 0.4) is 0 Å². The van der Waals surface area contributed by atoms with Crippen molar-refractivity contribution in [3.63, 3.8) is 0 Å². The maximum absolute atomic E-state index is 6.40. The highest BCUT2D eigenvalue weighted by Crippen LogP contribution is 2.26. The summed E-state index contributed by atoms with van der Waals surface area (Å²) >= 11 is 16.1. The number of alkyl halides is 1. The first-order chi connectivity index (χ1) is 10.0. The predicted octanol–water partition coefficient (Wildman–Crippen LogP) is 5.31. The number of nitrogens with zero attached hydrogens (tertiary/aromatic N) is 2. The van der Waals surface area contributed by atoms with Crippen LogP contribution in [0.25, 0.3) is 0 Å². The molecule has 0 saturated heterocycles. The summed E-state index contributed by atoms with van der Waals surface area (Å²) in [5, 5.41) is 6.99. The molecule has 0 bridgehead atoms. The van der Waals surface area contributed by atoms with E-state index in [2.05, 4.69) is 34.0 Å². The standard InChI is InChI=1S/C16H19BrCl2N2/c1-3-21-15(16(19)11(2)20-21)9-13(10-17)7-12-5-4-6-14(18)8-12/h4-6,8,13H,3,7,9-10H2,1-2H3. The Balaban J connectivity index is 2.16. The molecule has 0 radical (unpaired) electrons. The van der Waals surface area contributed by atoms with Crippen LogP contribution in [-0.4, -0.2) is 15.1 Å². The van der Waals surface area contributed by atoms with Crippen LogP contribution >= 0.6 is 39.1 Å². The molecule has 0 amide bonds. The Hall–Kier alpha value is -0.510. The smallest absolute Gasteiger partial charge is 0.0847 e. The first-order valence-corrected chi connectivity index (χ1v) is 8.95. The second-order valence-corrected chi connectivity index (χ2v) is 6.68. The van der Waals surface area contributed by atoms with Crippen molar-refractivity contribution in [3.8, 4) is 0 Å². The Labute approximate surface area is 144 Å². The molecule has 114 valence electrons. The molecule has 0 aliphatic heterocycles. The van der Waals surface area contributed by atoms with Crippen molar-refractivity contribution in [2.45, 2.75) is 33.2 Å². The van der Waals surface area contributed by atoms with Gasteiger partial charge in [-0.2, -0.15) is 5.10 Å². The van der Waals surface area contributed by atoms with Crippen molar-refractivity contribution < 1.29 is 0 Å². The highest BCUT2D eigenvalue weighted by Gasteiger charge is 2.18. The van der Waals surface area contributed by atoms with Crippen molar-refractivity contribution in [1.82, 2.24) is 9.78 Å². The van der Waals surface area contributed by atoms with E-state index in [1.54, 1.807) is 0 Å². The Bertz CT molecular complexity index is 610. The first kappa shape index (κ1) is 16.9. The van der Waals surface area contributed by atoms with Crippen LogP contribution in [0.5, 0.6) is 0 Å². The fourth-order valence-electron chi connectivity index (χ4n) is 2.52. The van der Waals surface area contributed by atoms with Crippen LogP contribution in [-0.2, 0) is 19.4 Å². The van der Waals surface area contributed by atoms with Crippen molar-refractivity contribution in [2.75, 3.05) is 5.33 Å². The molecule has 0 spiro atoms. The van der Waals surface area contributed by atoms with Crippen molar-refractivity contribution >= 4 is 39.1 Å². The Morgan fingerprint density at radius 3 is 2.67 bits per heavy atom. The van der Waals surface area contributed by atoms with Crippen LogP contribution in [0.1, 0.15) is 23.9 Å². The summed E-state index contributed by atoms with van der Waals surface area (Å²) in [5.74, 6) is 0.461. The molecule has 21 heavy (non-hydrogen) atoms. The number of rotatable bonds is 6. The molecule has 0 aliphatic carbocycles. The summed E-state index contributed by atoms with van der Waals surface area (Å²) in [6.45, 7) is 4.89. The van der Waals surface area contributed by atoms with Gasteiger partial charge < -0.3 is 0 Å². The molecular weight excluding hydrogens is 371 g/mol. The molecule has 2 aromatic rings. The van der Waals surface area contributed by atoms with E-state index in [4.69, 9.17) is 23.2 Å². The zero-order valence-electron chi connectivity index (χ0n) is 12.2. The maximum atomic E-state index is 6.40. The zero-order chi connectivity index (χ0) is 15.4. The highest BCUT2D eigenvalue weighted by molar-refractivity contribution is 9.09. The topological polar surface area (TPSA) is 17.8 Å². The van der Waals surface area contributed by atoms with E-state index in [1.807, 2.05) is 29.8 Å². The number of hydrogen-bond donors (Lipinski definition) is 0. The third-order valence-electron chi connectivity index (χ3n) is 3.57. The summed E-state index contributed by atoms with van der Waals surface area (Å²) in [4.78, 5) is 0. The molecule has 0 fully saturated rings. The van der Waals surface area contributed by atoms with Crippen LogP contribution in [0, 0.1) is 12.8 Å². The van der Waals surface area contributed by atoms with Gasteiger partial charge in [0.05, 0.1) is 16.4 Å². The summed E-state index contributed by atoms with van der Waals surface area (Å²) in [7, 11) is 0. The third-order valence-corrected chi connectivity index (χ3v) is 5.21. The lowest BCUT2D eigenvalue weighted by Crippen LogP contribution is -2.14. The minimum atomic E-state index is 0.461. The molecule has 2 nitrogen and oxygen atoms in total. The van der Waals surface area contributed by atoms with Crippen LogP contribution < -0.4 is 0 Å². The highest BCUT2D eigenvalue weighted by atomic mass is 79.9. The normalized spacial score (nSPS) is 12.6. The van der Waals surface area contributed by atoms with Gasteiger partial charge in [0.25, 0.3) is 0 Å². The van der Waals surface area contributed by atoms with E-state index >= 15 is 0 Å². The molecular formula is C16H19BrCl2N2. The van der Waals surface area contributed by atoms with E-state index in [9.17, 15) is 0 Å². The van der Waals surface area contributed by atoms with Gasteiger partial charge in [0.15, 0.2) is 0 Å². The second kappa shape index (κ2) is 7.66. The Kier molecular flexibility index (Phi) is 6.15. The molecule has 1 atom stereocenters. The fourth-order valence-corrected chi connectivity index (χ4v) is 3.40. The van der Waals surface area contributed by atoms with Gasteiger partial charge in [-0.05, 0) is 50.3 Å². The van der Waals surface area contributed by atoms with Gasteiger partial charge in [-0.15, -0.1) is 0 Å². The van der Waals surface area contributed by atoms with Gasteiger partial charge in [-0.1, -0.05) is 51.3 Å². The molecule has 0 aliphatic rings. The van der Waals surface area contributed by atoms with Crippen molar-refractivity contribution in [3.05, 3.63) is 51.3 Å². The Morgan fingerprint density at radius 1 is 1.29 bits per heavy atom. The number of benzene rings is 1. The third kappa shape index (κ3) is 4.24. The van der Waals surface area contributed by atoms with Gasteiger partial charge in [-0.3, -0.25) is 4.68 Å². The quantitative estimate of drug-likeness (QED) is 0.611. The molecule has 1 aromatic carbocycles. The number of hydrogen-bond acceptors (Lipinski definition) is 1. The average Bonchev–Trinajstić information content (AvgIpc) is 2.74. The van der Waals surface area contributed by atoms with E-state index in [0.29, 0.717) is 5.92 Å². The lowest BCUT2D eigenvalue weighted by atomic mass is 9.96. The fraction of sp³-hybridized carbons (Fsp3) is 0.438. The van der Waals surface area contributed by atoms with Gasteiger partial charge >= 0.3 is 0 Å². The molecule has 2 rings (SSSR count). The summed E-state index contributed by atoms with van der Waals surface area (Å²) in [5.41, 5.74) is 3.29. The minimum absolute atomic E-state index is 0.461. The minimum Gasteiger partial charge on any atom is -0.268 e. The molecule has 0 saturated carbocycles. The predicted molar refractivity (Wildman–Crippen MR) is 93.8 cm³/mol. The van der Waals surface area contributed by atoms with Gasteiger partial charge in [0.2, 0.25) is 0 Å². The molecule has 5 heteroatoms. The Morgan fingerprint density at radius 2 is 2.05 bits per heavy atom. The lowest BCUT2D eigenvalue weighted by molar-refractivity contribution is 0.536. The van der Waals surface area contributed by atoms with Crippen LogP contribution in [0.2, 0.25) is 10.0 Å². The van der Waals surface area contributed by atoms with Crippen molar-refractivity contribution in [2.24, 2.45) is 5.92 Å². The van der Waals surface area contributed by atoms with E-state index in [-0.39, 0.29) is 0 Å². The van der Waals surface area contributed by atoms with Crippen molar-refractivity contribution in [1.29, 1.82) is 0 Å². The van der Waals surface area contributed by atoms with Gasteiger partial charge in [0, 0.05) is 16.9 Å². The molecule has 1 unspecified atom stereocenters. The molecule has 0 N–H and O–H groups in total. The van der Waals surface area contributed by atoms with E-state index in [1.165, 1.54) is 5.56 Å². The van der Waals surface area contributed by atoms with Gasteiger partial charge in [0.1, 0.15) is 0 Å². The molecule has 1 heterocycles. The monoisotopic (exact) mass is 388 g/mol. The average molecular weight is 390 g/mol. The number of aromatic nitrogens is 2. The maximum Gasteiger partial charge on any atom is 0.0847 e. The van der Waals surface area contributed by atoms with Crippen LogP contribution in [0.15, 0.2) is 24.3 Å². The SMILES string of the molecule is CCn1nc(C)c(Cl)c1CC(CBr)Cc1cccc(Cl)c1. The second-order valence-electron chi connectivity index (χ2n) is 5.22. The summed E-state index contributed by atoms with van der Waals surface area (Å²) in [6, 6.07) is 8.05. The number of halogens is 3. The largest absolute Gasteiger partial charge is 0.268 e. The number of aryl methyl sites for hydroxylation is 2. The van der Waals surface area contributed by atoms with Gasteiger partial charge in [-0.25, -0.2) is 0 Å². The van der Waals surface area contributed by atoms with Crippen LogP contribution in [0.4, 0.5) is 0 Å². The van der Waals surface area contributed by atoms with E-state index in [0.717, 1.165) is 46.1 Å². The summed E-state index contributed by atoms with van der Waals surface area (Å²) in [6.07, 6.45) is 1.88.